The third-order valence-corrected chi connectivity index (χ3v) is 4.33. The first kappa shape index (κ1) is 16.0. The number of hydrogen-bond acceptors (Lipinski definition) is 4. The fourth-order valence-electron chi connectivity index (χ4n) is 3.25. The molecule has 21 heavy (non-hydrogen) atoms. The van der Waals surface area contributed by atoms with Gasteiger partial charge in [0.25, 0.3) is 5.91 Å². The minimum absolute atomic E-state index is 0.114. The summed E-state index contributed by atoms with van der Waals surface area (Å²) in [5.41, 5.74) is -0.0109. The number of allylic oxidation sites excluding steroid dienone is 1. The van der Waals surface area contributed by atoms with Crippen molar-refractivity contribution in [1.82, 2.24) is 4.90 Å². The molecule has 1 amide bonds. The van der Waals surface area contributed by atoms with Gasteiger partial charge in [0.05, 0.1) is 12.1 Å². The summed E-state index contributed by atoms with van der Waals surface area (Å²) in [5, 5.41) is 9.18. The minimum Gasteiger partial charge on any atom is -0.377 e. The maximum absolute atomic E-state index is 12.5. The summed E-state index contributed by atoms with van der Waals surface area (Å²) in [4.78, 5) is 14.2. The Balaban J connectivity index is 2.10. The van der Waals surface area contributed by atoms with E-state index in [-0.39, 0.29) is 29.1 Å². The van der Waals surface area contributed by atoms with Crippen molar-refractivity contribution < 1.29 is 14.3 Å². The fraction of sp³-hybridized carbons (Fsp3) is 0.750. The van der Waals surface area contributed by atoms with Gasteiger partial charge < -0.3 is 14.4 Å². The van der Waals surface area contributed by atoms with Crippen LogP contribution in [0.4, 0.5) is 0 Å². The second kappa shape index (κ2) is 6.59. The fourth-order valence-corrected chi connectivity index (χ4v) is 3.25. The number of nitrogens with zero attached hydrogens (tertiary/aromatic N) is 2. The summed E-state index contributed by atoms with van der Waals surface area (Å²) < 4.78 is 11.5. The Bertz CT molecular complexity index is 459. The van der Waals surface area contributed by atoms with Gasteiger partial charge in [0.1, 0.15) is 17.7 Å². The van der Waals surface area contributed by atoms with Gasteiger partial charge in [-0.3, -0.25) is 4.79 Å². The van der Waals surface area contributed by atoms with Gasteiger partial charge in [-0.1, -0.05) is 19.9 Å². The summed E-state index contributed by atoms with van der Waals surface area (Å²) in [6.07, 6.45) is 4.42. The predicted molar refractivity (Wildman–Crippen MR) is 78.4 cm³/mol. The smallest absolute Gasteiger partial charge is 0.264 e. The first-order valence-corrected chi connectivity index (χ1v) is 7.60. The van der Waals surface area contributed by atoms with Crippen LogP contribution >= 0.6 is 0 Å². The molecule has 2 heterocycles. The molecule has 0 bridgehead atoms. The van der Waals surface area contributed by atoms with Crippen molar-refractivity contribution in [2.75, 3.05) is 26.8 Å². The SMILES string of the molecule is CO[C@@H]1CN(C(=O)/C(C#N)=C/C(C)C)CC[C@]12CCCO2. The van der Waals surface area contributed by atoms with Crippen LogP contribution in [0.5, 0.6) is 0 Å². The normalized spacial score (nSPS) is 30.0. The zero-order valence-electron chi connectivity index (χ0n) is 13.1. The Morgan fingerprint density at radius 1 is 1.52 bits per heavy atom. The number of carbonyl (C=O) groups is 1. The molecule has 0 unspecified atom stereocenters. The Labute approximate surface area is 126 Å². The molecule has 2 rings (SSSR count). The van der Waals surface area contributed by atoms with E-state index in [0.29, 0.717) is 13.1 Å². The summed E-state index contributed by atoms with van der Waals surface area (Å²) in [5.74, 6) is -0.0165. The highest BCUT2D eigenvalue weighted by Gasteiger charge is 2.47. The molecular weight excluding hydrogens is 268 g/mol. The van der Waals surface area contributed by atoms with Crippen LogP contribution < -0.4 is 0 Å². The quantitative estimate of drug-likeness (QED) is 0.588. The van der Waals surface area contributed by atoms with E-state index in [0.717, 1.165) is 25.9 Å². The molecule has 2 aliphatic rings. The van der Waals surface area contributed by atoms with E-state index in [1.165, 1.54) is 0 Å². The molecule has 2 atom stereocenters. The molecular formula is C16H24N2O3. The van der Waals surface area contributed by atoms with Gasteiger partial charge in [-0.15, -0.1) is 0 Å². The number of carbonyl (C=O) groups excluding carboxylic acids is 1. The van der Waals surface area contributed by atoms with Crippen LogP contribution in [0, 0.1) is 17.2 Å². The highest BCUT2D eigenvalue weighted by molar-refractivity contribution is 5.97. The van der Waals surface area contributed by atoms with E-state index < -0.39 is 0 Å². The zero-order chi connectivity index (χ0) is 15.5. The van der Waals surface area contributed by atoms with E-state index >= 15 is 0 Å². The summed E-state index contributed by atoms with van der Waals surface area (Å²) >= 11 is 0. The summed E-state index contributed by atoms with van der Waals surface area (Å²) in [6.45, 7) is 5.80. The third kappa shape index (κ3) is 3.28. The van der Waals surface area contributed by atoms with Crippen molar-refractivity contribution in [2.24, 2.45) is 5.92 Å². The molecule has 116 valence electrons. The number of likely N-dealkylation sites (tertiary alicyclic amines) is 1. The molecule has 0 aliphatic carbocycles. The Kier molecular flexibility index (Phi) is 5.02. The lowest BCUT2D eigenvalue weighted by molar-refractivity contribution is -0.155. The van der Waals surface area contributed by atoms with Crippen LogP contribution in [-0.4, -0.2) is 49.3 Å². The highest BCUT2D eigenvalue weighted by Crippen LogP contribution is 2.37. The monoisotopic (exact) mass is 292 g/mol. The van der Waals surface area contributed by atoms with Crippen LogP contribution in [0.2, 0.25) is 0 Å². The molecule has 5 heteroatoms. The lowest BCUT2D eigenvalue weighted by Gasteiger charge is -2.44. The molecule has 2 aliphatic heterocycles. The van der Waals surface area contributed by atoms with E-state index in [2.05, 4.69) is 0 Å². The number of amides is 1. The van der Waals surface area contributed by atoms with Gasteiger partial charge >= 0.3 is 0 Å². The van der Waals surface area contributed by atoms with Gasteiger partial charge in [-0.2, -0.15) is 5.26 Å². The lowest BCUT2D eigenvalue weighted by atomic mass is 9.85. The average molecular weight is 292 g/mol. The number of hydrogen-bond donors (Lipinski definition) is 0. The average Bonchev–Trinajstić information content (AvgIpc) is 2.93. The molecule has 0 aromatic heterocycles. The van der Waals surface area contributed by atoms with Gasteiger partial charge in [0, 0.05) is 20.3 Å². The molecule has 0 N–H and O–H groups in total. The van der Waals surface area contributed by atoms with Crippen molar-refractivity contribution in [1.29, 1.82) is 5.26 Å². The van der Waals surface area contributed by atoms with Crippen molar-refractivity contribution in [2.45, 2.75) is 44.8 Å². The van der Waals surface area contributed by atoms with Gasteiger partial charge in [0.2, 0.25) is 0 Å². The van der Waals surface area contributed by atoms with Crippen molar-refractivity contribution in [3.8, 4) is 6.07 Å². The van der Waals surface area contributed by atoms with Crippen LogP contribution in [0.15, 0.2) is 11.6 Å². The van der Waals surface area contributed by atoms with Gasteiger partial charge in [-0.05, 0) is 25.2 Å². The van der Waals surface area contributed by atoms with Gasteiger partial charge in [-0.25, -0.2) is 0 Å². The molecule has 0 aromatic rings. The minimum atomic E-state index is -0.236. The third-order valence-electron chi connectivity index (χ3n) is 4.33. The molecule has 0 radical (unpaired) electrons. The lowest BCUT2D eigenvalue weighted by Crippen LogP contribution is -2.57. The van der Waals surface area contributed by atoms with E-state index in [9.17, 15) is 10.1 Å². The van der Waals surface area contributed by atoms with E-state index in [1.54, 1.807) is 18.1 Å². The van der Waals surface area contributed by atoms with Crippen LogP contribution in [-0.2, 0) is 14.3 Å². The topological polar surface area (TPSA) is 62.6 Å². The highest BCUT2D eigenvalue weighted by atomic mass is 16.5. The maximum atomic E-state index is 12.5. The number of nitriles is 1. The summed E-state index contributed by atoms with van der Waals surface area (Å²) in [7, 11) is 1.66. The van der Waals surface area contributed by atoms with Gasteiger partial charge in [0.15, 0.2) is 0 Å². The molecule has 2 saturated heterocycles. The van der Waals surface area contributed by atoms with Crippen LogP contribution in [0.25, 0.3) is 0 Å². The molecule has 5 nitrogen and oxygen atoms in total. The first-order valence-electron chi connectivity index (χ1n) is 7.60. The van der Waals surface area contributed by atoms with Crippen LogP contribution in [0.1, 0.15) is 33.1 Å². The van der Waals surface area contributed by atoms with Crippen molar-refractivity contribution >= 4 is 5.91 Å². The molecule has 2 fully saturated rings. The second-order valence-corrected chi connectivity index (χ2v) is 6.18. The number of rotatable bonds is 3. The zero-order valence-corrected chi connectivity index (χ0v) is 13.1. The van der Waals surface area contributed by atoms with E-state index in [4.69, 9.17) is 9.47 Å². The molecule has 1 spiro atoms. The van der Waals surface area contributed by atoms with E-state index in [1.807, 2.05) is 19.9 Å². The number of methoxy groups -OCH3 is 1. The molecule has 0 saturated carbocycles. The van der Waals surface area contributed by atoms with Crippen molar-refractivity contribution in [3.05, 3.63) is 11.6 Å². The van der Waals surface area contributed by atoms with Crippen molar-refractivity contribution in [3.63, 3.8) is 0 Å². The largest absolute Gasteiger partial charge is 0.377 e. The molecule has 0 aromatic carbocycles. The number of ether oxygens (including phenoxy) is 2. The number of piperidine rings is 1. The second-order valence-electron chi connectivity index (χ2n) is 6.18. The first-order chi connectivity index (χ1) is 10.0. The summed E-state index contributed by atoms with van der Waals surface area (Å²) in [6, 6.07) is 2.02. The Morgan fingerprint density at radius 3 is 2.81 bits per heavy atom. The van der Waals surface area contributed by atoms with Crippen LogP contribution in [0.3, 0.4) is 0 Å². The Morgan fingerprint density at radius 2 is 2.29 bits per heavy atom. The predicted octanol–water partition coefficient (Wildman–Crippen LogP) is 1.89. The Hall–Kier alpha value is -1.38. The standard InChI is InChI=1S/C16H24N2O3/c1-12(2)9-13(10-17)15(19)18-7-6-16(5-4-8-21-16)14(11-18)20-3/h9,12,14H,4-8,11H2,1-3H3/b13-9+/t14-,16-/m1/s1. The maximum Gasteiger partial charge on any atom is 0.264 e.